The molecule has 3 aromatic rings. The number of thiocarbonyl (C=S) groups is 1. The van der Waals surface area contributed by atoms with Crippen molar-refractivity contribution in [3.8, 4) is 17.2 Å². The number of hydrogen-bond donors (Lipinski definition) is 0. The first-order valence-electron chi connectivity index (χ1n) is 10.4. The molecule has 0 aromatic heterocycles. The number of ether oxygens (including phenoxy) is 3. The zero-order valence-corrected chi connectivity index (χ0v) is 19.7. The summed E-state index contributed by atoms with van der Waals surface area (Å²) >= 11 is 6.77. The van der Waals surface area contributed by atoms with Gasteiger partial charge >= 0.3 is 0 Å². The summed E-state index contributed by atoms with van der Waals surface area (Å²) in [6, 6.07) is 24.9. The van der Waals surface area contributed by atoms with Gasteiger partial charge in [0.25, 0.3) is 5.91 Å². The van der Waals surface area contributed by atoms with Crippen molar-refractivity contribution in [3.05, 3.63) is 94.9 Å². The van der Waals surface area contributed by atoms with E-state index in [2.05, 4.69) is 0 Å². The number of methoxy groups -OCH3 is 1. The Morgan fingerprint density at radius 1 is 0.909 bits per heavy atom. The van der Waals surface area contributed by atoms with Crippen LogP contribution in [0.2, 0.25) is 0 Å². The maximum absolute atomic E-state index is 13.1. The molecule has 5 nitrogen and oxygen atoms in total. The third-order valence-electron chi connectivity index (χ3n) is 4.91. The van der Waals surface area contributed by atoms with E-state index >= 15 is 0 Å². The van der Waals surface area contributed by atoms with Crippen molar-refractivity contribution in [3.63, 3.8) is 0 Å². The van der Waals surface area contributed by atoms with Crippen LogP contribution in [0.5, 0.6) is 17.2 Å². The van der Waals surface area contributed by atoms with Gasteiger partial charge in [0.05, 0.1) is 18.6 Å². The van der Waals surface area contributed by atoms with E-state index in [1.807, 2.05) is 78.9 Å². The summed E-state index contributed by atoms with van der Waals surface area (Å²) in [4.78, 5) is 15.2. The van der Waals surface area contributed by atoms with E-state index in [-0.39, 0.29) is 5.91 Å². The van der Waals surface area contributed by atoms with Crippen molar-refractivity contribution in [1.29, 1.82) is 0 Å². The van der Waals surface area contributed by atoms with Crippen LogP contribution < -0.4 is 14.2 Å². The normalized spacial score (nSPS) is 14.6. The second-order valence-electron chi connectivity index (χ2n) is 7.17. The van der Waals surface area contributed by atoms with Gasteiger partial charge in [-0.05, 0) is 42.0 Å². The fourth-order valence-electron chi connectivity index (χ4n) is 3.27. The van der Waals surface area contributed by atoms with E-state index < -0.39 is 0 Å². The Labute approximate surface area is 203 Å². The molecule has 33 heavy (non-hydrogen) atoms. The number of carbonyl (C=O) groups is 1. The van der Waals surface area contributed by atoms with Crippen LogP contribution in [0, 0.1) is 0 Å². The molecule has 0 spiro atoms. The molecular formula is C26H23NO4S2. The van der Waals surface area contributed by atoms with Crippen molar-refractivity contribution in [2.75, 3.05) is 20.3 Å². The predicted molar refractivity (Wildman–Crippen MR) is 136 cm³/mol. The standard InChI is InChI=1S/C26H23NO4S2/c1-29-22-12-13-23(31-15-14-30-21-10-6-3-7-11-21)20(16-22)17-24-25(28)27(26(32)33-24)18-19-8-4-2-5-9-19/h2-13,16-17H,14-15,18H2,1H3/b24-17-. The zero-order chi connectivity index (χ0) is 23.0. The molecular weight excluding hydrogens is 454 g/mol. The van der Waals surface area contributed by atoms with Gasteiger partial charge in [-0.3, -0.25) is 9.69 Å². The highest BCUT2D eigenvalue weighted by molar-refractivity contribution is 8.26. The Bertz CT molecular complexity index is 1150. The minimum absolute atomic E-state index is 0.116. The molecule has 7 heteroatoms. The first kappa shape index (κ1) is 22.9. The van der Waals surface area contributed by atoms with E-state index in [1.165, 1.54) is 11.8 Å². The summed E-state index contributed by atoms with van der Waals surface area (Å²) in [6.45, 7) is 1.20. The maximum Gasteiger partial charge on any atom is 0.266 e. The van der Waals surface area contributed by atoms with Gasteiger partial charge in [0.2, 0.25) is 0 Å². The van der Waals surface area contributed by atoms with Gasteiger partial charge in [-0.15, -0.1) is 0 Å². The number of benzene rings is 3. The minimum atomic E-state index is -0.116. The second-order valence-corrected chi connectivity index (χ2v) is 8.84. The Morgan fingerprint density at radius 3 is 2.33 bits per heavy atom. The van der Waals surface area contributed by atoms with Gasteiger partial charge in [0.1, 0.15) is 34.8 Å². The summed E-state index contributed by atoms with van der Waals surface area (Å²) in [5.74, 6) is 1.99. The molecule has 168 valence electrons. The lowest BCUT2D eigenvalue weighted by Crippen LogP contribution is -2.27. The number of nitrogens with zero attached hydrogens (tertiary/aromatic N) is 1. The topological polar surface area (TPSA) is 48.0 Å². The van der Waals surface area contributed by atoms with Gasteiger partial charge in [-0.2, -0.15) is 0 Å². The fraction of sp³-hybridized carbons (Fsp3) is 0.154. The molecule has 4 rings (SSSR count). The van der Waals surface area contributed by atoms with Crippen LogP contribution in [0.1, 0.15) is 11.1 Å². The van der Waals surface area contributed by atoms with Crippen LogP contribution in [0.4, 0.5) is 0 Å². The highest BCUT2D eigenvalue weighted by Gasteiger charge is 2.32. The third kappa shape index (κ3) is 5.94. The fourth-order valence-corrected chi connectivity index (χ4v) is 4.52. The Morgan fingerprint density at radius 2 is 1.61 bits per heavy atom. The van der Waals surface area contributed by atoms with Crippen LogP contribution in [0.25, 0.3) is 6.08 Å². The predicted octanol–water partition coefficient (Wildman–Crippen LogP) is 5.55. The number of para-hydroxylation sites is 1. The Balaban J connectivity index is 1.47. The molecule has 0 saturated carbocycles. The molecule has 0 radical (unpaired) electrons. The lowest BCUT2D eigenvalue weighted by molar-refractivity contribution is -0.122. The van der Waals surface area contributed by atoms with Gasteiger partial charge in [0, 0.05) is 5.56 Å². The van der Waals surface area contributed by atoms with E-state index in [9.17, 15) is 4.79 Å². The number of thioether (sulfide) groups is 1. The maximum atomic E-state index is 13.1. The molecule has 3 aromatic carbocycles. The monoisotopic (exact) mass is 477 g/mol. The van der Waals surface area contributed by atoms with Gasteiger partial charge in [0.15, 0.2) is 0 Å². The molecule has 1 amide bonds. The Hall–Kier alpha value is -3.29. The van der Waals surface area contributed by atoms with Gasteiger partial charge in [-0.1, -0.05) is 72.5 Å². The van der Waals surface area contributed by atoms with Crippen molar-refractivity contribution < 1.29 is 19.0 Å². The molecule has 1 aliphatic heterocycles. The highest BCUT2D eigenvalue weighted by Crippen LogP contribution is 2.36. The molecule has 0 aliphatic carbocycles. The lowest BCUT2D eigenvalue weighted by atomic mass is 10.1. The molecule has 1 heterocycles. The largest absolute Gasteiger partial charge is 0.497 e. The van der Waals surface area contributed by atoms with Crippen LogP contribution in [-0.4, -0.2) is 35.5 Å². The van der Waals surface area contributed by atoms with Crippen LogP contribution >= 0.6 is 24.0 Å². The van der Waals surface area contributed by atoms with E-state index in [0.717, 1.165) is 16.9 Å². The molecule has 1 saturated heterocycles. The van der Waals surface area contributed by atoms with Crippen LogP contribution in [0.15, 0.2) is 83.8 Å². The molecule has 1 fully saturated rings. The SMILES string of the molecule is COc1ccc(OCCOc2ccccc2)c(/C=C2\SC(=S)N(Cc3ccccc3)C2=O)c1. The summed E-state index contributed by atoms with van der Waals surface area (Å²) in [7, 11) is 1.60. The van der Waals surface area contributed by atoms with E-state index in [1.54, 1.807) is 18.1 Å². The number of carbonyl (C=O) groups excluding carboxylic acids is 1. The van der Waals surface area contributed by atoms with Crippen LogP contribution in [0.3, 0.4) is 0 Å². The van der Waals surface area contributed by atoms with Gasteiger partial charge in [-0.25, -0.2) is 0 Å². The summed E-state index contributed by atoms with van der Waals surface area (Å²) < 4.78 is 17.6. The van der Waals surface area contributed by atoms with E-state index in [0.29, 0.717) is 40.5 Å². The molecule has 0 bridgehead atoms. The van der Waals surface area contributed by atoms with Crippen molar-refractivity contribution in [1.82, 2.24) is 4.90 Å². The van der Waals surface area contributed by atoms with E-state index in [4.69, 9.17) is 26.4 Å². The molecule has 1 aliphatic rings. The third-order valence-corrected chi connectivity index (χ3v) is 6.29. The average Bonchev–Trinajstić information content (AvgIpc) is 3.11. The first-order valence-corrected chi connectivity index (χ1v) is 11.6. The van der Waals surface area contributed by atoms with Gasteiger partial charge < -0.3 is 14.2 Å². The zero-order valence-electron chi connectivity index (χ0n) is 18.1. The van der Waals surface area contributed by atoms with Crippen molar-refractivity contribution >= 4 is 40.3 Å². The number of amides is 1. The van der Waals surface area contributed by atoms with Crippen molar-refractivity contribution in [2.24, 2.45) is 0 Å². The first-order chi connectivity index (χ1) is 16.1. The highest BCUT2D eigenvalue weighted by atomic mass is 32.2. The molecule has 0 unspecified atom stereocenters. The molecule has 0 atom stereocenters. The lowest BCUT2D eigenvalue weighted by Gasteiger charge is -2.14. The number of hydrogen-bond acceptors (Lipinski definition) is 6. The summed E-state index contributed by atoms with van der Waals surface area (Å²) in [6.07, 6.45) is 1.81. The minimum Gasteiger partial charge on any atom is -0.497 e. The summed E-state index contributed by atoms with van der Waals surface area (Å²) in [5.41, 5.74) is 1.77. The molecule has 0 N–H and O–H groups in total. The Kier molecular flexibility index (Phi) is 7.65. The summed E-state index contributed by atoms with van der Waals surface area (Å²) in [5, 5.41) is 0. The second kappa shape index (κ2) is 11.0. The smallest absolute Gasteiger partial charge is 0.266 e. The van der Waals surface area contributed by atoms with Crippen LogP contribution in [-0.2, 0) is 11.3 Å². The van der Waals surface area contributed by atoms with Crippen molar-refractivity contribution in [2.45, 2.75) is 6.54 Å². The number of rotatable bonds is 9. The average molecular weight is 478 g/mol. The quantitative estimate of drug-likeness (QED) is 0.229.